The lowest BCUT2D eigenvalue weighted by Gasteiger charge is -2.05. The van der Waals surface area contributed by atoms with E-state index in [9.17, 15) is 4.79 Å². The molecule has 0 fully saturated rings. The topological polar surface area (TPSA) is 72.2 Å². The van der Waals surface area contributed by atoms with Crippen LogP contribution in [0.25, 0.3) is 5.78 Å². The lowest BCUT2D eigenvalue weighted by atomic mass is 10.3. The van der Waals surface area contributed by atoms with Crippen LogP contribution in [-0.2, 0) is 0 Å². The maximum Gasteiger partial charge on any atom is 0.295 e. The number of carbonyl (C=O) groups is 1. The molecule has 2 aromatic heterocycles. The number of rotatable bonds is 2. The molecule has 106 valence electrons. The van der Waals surface area contributed by atoms with Gasteiger partial charge in [0.25, 0.3) is 11.7 Å². The van der Waals surface area contributed by atoms with Crippen molar-refractivity contribution >= 4 is 40.6 Å². The second-order valence-electron chi connectivity index (χ2n) is 4.29. The average molecular weight is 322 g/mol. The van der Waals surface area contributed by atoms with Gasteiger partial charge in [0.15, 0.2) is 0 Å². The first-order chi connectivity index (χ1) is 10.1. The minimum atomic E-state index is -0.482. The van der Waals surface area contributed by atoms with Crippen molar-refractivity contribution in [1.29, 1.82) is 0 Å². The highest BCUT2D eigenvalue weighted by Crippen LogP contribution is 2.29. The monoisotopic (exact) mass is 321 g/mol. The predicted molar refractivity (Wildman–Crippen MR) is 79.9 cm³/mol. The van der Waals surface area contributed by atoms with Gasteiger partial charge in [0, 0.05) is 11.9 Å². The average Bonchev–Trinajstić information content (AvgIpc) is 2.89. The summed E-state index contributed by atoms with van der Waals surface area (Å²) in [6, 6.07) is 6.74. The van der Waals surface area contributed by atoms with E-state index in [0.717, 1.165) is 5.69 Å². The largest absolute Gasteiger partial charge is 0.318 e. The van der Waals surface area contributed by atoms with Gasteiger partial charge in [0.2, 0.25) is 5.82 Å². The molecule has 0 aliphatic rings. The summed E-state index contributed by atoms with van der Waals surface area (Å²) in [6.07, 6.45) is 1.61. The van der Waals surface area contributed by atoms with Gasteiger partial charge in [-0.05, 0) is 25.1 Å². The molecule has 1 N–H and O–H groups in total. The Labute approximate surface area is 129 Å². The number of halogens is 2. The molecule has 21 heavy (non-hydrogen) atoms. The smallest absolute Gasteiger partial charge is 0.295 e. The number of hydrogen-bond donors (Lipinski definition) is 1. The molecule has 0 aliphatic heterocycles. The van der Waals surface area contributed by atoms with Gasteiger partial charge in [-0.25, -0.2) is 9.50 Å². The third-order valence-electron chi connectivity index (χ3n) is 2.83. The Bertz CT molecular complexity index is 846. The maximum absolute atomic E-state index is 12.2. The van der Waals surface area contributed by atoms with E-state index in [0.29, 0.717) is 16.5 Å². The molecular weight excluding hydrogens is 313 g/mol. The summed E-state index contributed by atoms with van der Waals surface area (Å²) in [6.45, 7) is 1.85. The van der Waals surface area contributed by atoms with E-state index in [1.54, 1.807) is 30.5 Å². The van der Waals surface area contributed by atoms with Crippen LogP contribution >= 0.6 is 23.2 Å². The van der Waals surface area contributed by atoms with Gasteiger partial charge >= 0.3 is 0 Å². The fraction of sp³-hybridized carbons (Fsp3) is 0.0769. The van der Waals surface area contributed by atoms with Crippen molar-refractivity contribution in [3.8, 4) is 0 Å². The molecule has 1 amide bonds. The first kappa shape index (κ1) is 13.8. The second kappa shape index (κ2) is 5.31. The molecule has 0 saturated heterocycles. The van der Waals surface area contributed by atoms with E-state index in [1.807, 2.05) is 6.92 Å². The lowest BCUT2D eigenvalue weighted by molar-refractivity contribution is 0.101. The number of amides is 1. The van der Waals surface area contributed by atoms with Gasteiger partial charge in [-0.2, -0.15) is 4.98 Å². The number of carbonyl (C=O) groups excluding carboxylic acids is 1. The number of anilines is 1. The summed E-state index contributed by atoms with van der Waals surface area (Å²) in [5.41, 5.74) is 1.23. The van der Waals surface area contributed by atoms with Gasteiger partial charge < -0.3 is 5.32 Å². The van der Waals surface area contributed by atoms with Gasteiger partial charge in [0.1, 0.15) is 0 Å². The van der Waals surface area contributed by atoms with Crippen molar-refractivity contribution in [3.63, 3.8) is 0 Å². The van der Waals surface area contributed by atoms with Crippen LogP contribution in [0.3, 0.4) is 0 Å². The predicted octanol–water partition coefficient (Wildman–Crippen LogP) is 2.99. The number of aryl methyl sites for hydroxylation is 1. The summed E-state index contributed by atoms with van der Waals surface area (Å²) in [5, 5.41) is 7.37. The Morgan fingerprint density at radius 1 is 1.29 bits per heavy atom. The fourth-order valence-corrected chi connectivity index (χ4v) is 2.13. The molecule has 0 unspecified atom stereocenters. The Balaban J connectivity index is 1.94. The van der Waals surface area contributed by atoms with Crippen LogP contribution in [0.1, 0.15) is 16.3 Å². The molecule has 3 aromatic rings. The van der Waals surface area contributed by atoms with Crippen LogP contribution in [0.5, 0.6) is 0 Å². The number of fused-ring (bicyclic) bond motifs is 1. The minimum Gasteiger partial charge on any atom is -0.318 e. The maximum atomic E-state index is 12.2. The fourth-order valence-electron chi connectivity index (χ4n) is 1.78. The second-order valence-corrected chi connectivity index (χ2v) is 5.07. The number of benzene rings is 1. The normalized spacial score (nSPS) is 10.8. The first-order valence-electron chi connectivity index (χ1n) is 6.00. The van der Waals surface area contributed by atoms with Crippen molar-refractivity contribution in [2.45, 2.75) is 6.92 Å². The van der Waals surface area contributed by atoms with Gasteiger partial charge in [-0.1, -0.05) is 29.3 Å². The molecule has 0 bridgehead atoms. The third-order valence-corrected chi connectivity index (χ3v) is 3.65. The van der Waals surface area contributed by atoms with E-state index < -0.39 is 5.91 Å². The van der Waals surface area contributed by atoms with Gasteiger partial charge in [-0.3, -0.25) is 4.79 Å². The van der Waals surface area contributed by atoms with Crippen LogP contribution in [0.4, 0.5) is 5.69 Å². The van der Waals surface area contributed by atoms with Crippen LogP contribution in [0.2, 0.25) is 10.0 Å². The summed E-state index contributed by atoms with van der Waals surface area (Å²) in [4.78, 5) is 20.3. The molecule has 0 aliphatic carbocycles. The van der Waals surface area contributed by atoms with Crippen LogP contribution in [0.15, 0.2) is 30.5 Å². The molecular formula is C13H9Cl2N5O. The first-order valence-corrected chi connectivity index (χ1v) is 6.75. The molecule has 1 aromatic carbocycles. The molecule has 2 heterocycles. The van der Waals surface area contributed by atoms with Crippen LogP contribution in [-0.4, -0.2) is 25.5 Å². The minimum absolute atomic E-state index is 0.00726. The highest BCUT2D eigenvalue weighted by Gasteiger charge is 2.16. The lowest BCUT2D eigenvalue weighted by Crippen LogP contribution is -2.14. The van der Waals surface area contributed by atoms with E-state index in [2.05, 4.69) is 20.4 Å². The van der Waals surface area contributed by atoms with Crippen molar-refractivity contribution in [1.82, 2.24) is 19.6 Å². The molecule has 0 atom stereocenters. The molecule has 8 heteroatoms. The number of nitrogens with one attached hydrogen (secondary N) is 1. The Morgan fingerprint density at radius 3 is 2.86 bits per heavy atom. The van der Waals surface area contributed by atoms with Crippen molar-refractivity contribution < 1.29 is 4.79 Å². The zero-order chi connectivity index (χ0) is 15.0. The Hall–Kier alpha value is -2.18. The summed E-state index contributed by atoms with van der Waals surface area (Å²) < 4.78 is 1.49. The zero-order valence-corrected chi connectivity index (χ0v) is 12.4. The molecule has 0 saturated carbocycles. The van der Waals surface area contributed by atoms with E-state index >= 15 is 0 Å². The molecule has 0 radical (unpaired) electrons. The highest BCUT2D eigenvalue weighted by atomic mass is 35.5. The van der Waals surface area contributed by atoms with E-state index in [-0.39, 0.29) is 10.8 Å². The van der Waals surface area contributed by atoms with Crippen molar-refractivity contribution in [2.75, 3.05) is 5.32 Å². The SMILES string of the molecule is Cc1ccnc2nc(C(=O)Nc3cccc(Cl)c3Cl)nn12. The standard InChI is InChI=1S/C13H9Cl2N5O/c1-7-5-6-16-13-18-11(19-20(7)13)12(21)17-9-4-2-3-8(14)10(9)15/h2-6H,1H3,(H,17,21). The zero-order valence-electron chi connectivity index (χ0n) is 10.8. The molecule has 3 rings (SSSR count). The van der Waals surface area contributed by atoms with Crippen LogP contribution < -0.4 is 5.32 Å². The van der Waals surface area contributed by atoms with E-state index in [4.69, 9.17) is 23.2 Å². The highest BCUT2D eigenvalue weighted by molar-refractivity contribution is 6.44. The number of hydrogen-bond acceptors (Lipinski definition) is 4. The molecule has 6 nitrogen and oxygen atoms in total. The van der Waals surface area contributed by atoms with E-state index in [1.165, 1.54) is 4.52 Å². The molecule has 0 spiro atoms. The number of nitrogens with zero attached hydrogens (tertiary/aromatic N) is 4. The van der Waals surface area contributed by atoms with Crippen LogP contribution in [0, 0.1) is 6.92 Å². The third kappa shape index (κ3) is 2.55. The summed E-state index contributed by atoms with van der Waals surface area (Å²) in [7, 11) is 0. The van der Waals surface area contributed by atoms with Crippen molar-refractivity contribution in [2.24, 2.45) is 0 Å². The van der Waals surface area contributed by atoms with Gasteiger partial charge in [0.05, 0.1) is 15.7 Å². The quantitative estimate of drug-likeness (QED) is 0.787. The summed E-state index contributed by atoms with van der Waals surface area (Å²) in [5.74, 6) is -0.116. The Morgan fingerprint density at radius 2 is 2.10 bits per heavy atom. The Kier molecular flexibility index (Phi) is 3.48. The number of aromatic nitrogens is 4. The van der Waals surface area contributed by atoms with Gasteiger partial charge in [-0.15, -0.1) is 5.10 Å². The summed E-state index contributed by atoms with van der Waals surface area (Å²) >= 11 is 11.9. The van der Waals surface area contributed by atoms with Crippen molar-refractivity contribution in [3.05, 3.63) is 52.0 Å².